The van der Waals surface area contributed by atoms with Crippen LogP contribution < -0.4 is 10.2 Å². The Kier molecular flexibility index (Phi) is 5.52. The van der Waals surface area contributed by atoms with Gasteiger partial charge in [0.2, 0.25) is 0 Å². The molecule has 0 radical (unpaired) electrons. The highest BCUT2D eigenvalue weighted by molar-refractivity contribution is 7.92. The second-order valence-corrected chi connectivity index (χ2v) is 7.84. The Morgan fingerprint density at radius 3 is 2.12 bits per heavy atom. The summed E-state index contributed by atoms with van der Waals surface area (Å²) in [7, 11) is -1.85. The number of anilines is 2. The van der Waals surface area contributed by atoms with Crippen LogP contribution >= 0.6 is 11.6 Å². The van der Waals surface area contributed by atoms with Gasteiger partial charge in [-0.1, -0.05) is 11.6 Å². The van der Waals surface area contributed by atoms with E-state index < -0.39 is 26.1 Å². The molecule has 2 rings (SSSR count). The molecule has 0 spiro atoms. The number of hydrogen-bond donors (Lipinski definition) is 1. The molecule has 5 nitrogen and oxygen atoms in total. The quantitative estimate of drug-likeness (QED) is 0.834. The number of sulfone groups is 1. The zero-order chi connectivity index (χ0) is 19.7. The van der Waals surface area contributed by atoms with E-state index in [1.54, 1.807) is 31.1 Å². The first kappa shape index (κ1) is 20.1. The predicted octanol–water partition coefficient (Wildman–Crippen LogP) is 3.95. The highest BCUT2D eigenvalue weighted by Gasteiger charge is 2.46. The third kappa shape index (κ3) is 4.10. The van der Waals surface area contributed by atoms with Crippen molar-refractivity contribution in [3.63, 3.8) is 0 Å². The lowest BCUT2D eigenvalue weighted by atomic mass is 10.2. The van der Waals surface area contributed by atoms with Crippen LogP contribution in [-0.4, -0.2) is 33.9 Å². The summed E-state index contributed by atoms with van der Waals surface area (Å²) in [4.78, 5) is 13.0. The summed E-state index contributed by atoms with van der Waals surface area (Å²) < 4.78 is 60.1. The van der Waals surface area contributed by atoms with Gasteiger partial charge in [-0.25, -0.2) is 8.42 Å². The molecule has 0 saturated carbocycles. The lowest BCUT2D eigenvalue weighted by Crippen LogP contribution is -2.23. The standard InChI is InChI=1S/C16H14ClF3N2O3S/c1-22(2)14-8-5-11(9-13(14)17)21-15(23)10-3-6-12(7-4-10)26(24,25)16(18,19)20/h3-9H,1-2H3,(H,21,23). The number of rotatable bonds is 4. The average Bonchev–Trinajstić information content (AvgIpc) is 2.53. The maximum atomic E-state index is 12.5. The number of hydrogen-bond acceptors (Lipinski definition) is 4. The van der Waals surface area contributed by atoms with Crippen molar-refractivity contribution in [1.29, 1.82) is 0 Å². The van der Waals surface area contributed by atoms with Crippen molar-refractivity contribution in [2.45, 2.75) is 10.4 Å². The third-order valence-electron chi connectivity index (χ3n) is 3.42. The summed E-state index contributed by atoms with van der Waals surface area (Å²) in [6.07, 6.45) is 0. The van der Waals surface area contributed by atoms with Crippen molar-refractivity contribution >= 4 is 38.7 Å². The summed E-state index contributed by atoms with van der Waals surface area (Å²) in [6.45, 7) is 0. The highest BCUT2D eigenvalue weighted by Crippen LogP contribution is 2.30. The van der Waals surface area contributed by atoms with Gasteiger partial charge >= 0.3 is 5.51 Å². The fourth-order valence-corrected chi connectivity index (χ4v) is 3.18. The smallest absolute Gasteiger partial charge is 0.376 e. The van der Waals surface area contributed by atoms with Crippen LogP contribution in [-0.2, 0) is 9.84 Å². The lowest BCUT2D eigenvalue weighted by Gasteiger charge is -2.15. The minimum atomic E-state index is -5.45. The summed E-state index contributed by atoms with van der Waals surface area (Å²) in [5.41, 5.74) is -4.27. The van der Waals surface area contributed by atoms with Crippen molar-refractivity contribution in [1.82, 2.24) is 0 Å². The van der Waals surface area contributed by atoms with E-state index in [1.165, 1.54) is 6.07 Å². The van der Waals surface area contributed by atoms with Gasteiger partial charge in [0.05, 0.1) is 15.6 Å². The van der Waals surface area contributed by atoms with Crippen LogP contribution in [0.2, 0.25) is 5.02 Å². The Labute approximate surface area is 153 Å². The Hall–Kier alpha value is -2.26. The Bertz CT molecular complexity index is 927. The molecule has 0 unspecified atom stereocenters. The lowest BCUT2D eigenvalue weighted by molar-refractivity contribution is -0.0436. The van der Waals surface area contributed by atoms with E-state index in [-0.39, 0.29) is 5.56 Å². The molecule has 10 heteroatoms. The SMILES string of the molecule is CN(C)c1ccc(NC(=O)c2ccc(S(=O)(=O)C(F)(F)F)cc2)cc1Cl. The first-order chi connectivity index (χ1) is 11.9. The molecule has 0 saturated heterocycles. The van der Waals surface area contributed by atoms with Crippen LogP contribution in [0.1, 0.15) is 10.4 Å². The molecular weight excluding hydrogens is 393 g/mol. The van der Waals surface area contributed by atoms with Crippen LogP contribution in [0.3, 0.4) is 0 Å². The van der Waals surface area contributed by atoms with E-state index in [0.29, 0.717) is 10.7 Å². The molecule has 1 amide bonds. The number of benzene rings is 2. The van der Waals surface area contributed by atoms with E-state index in [9.17, 15) is 26.4 Å². The van der Waals surface area contributed by atoms with Gasteiger partial charge in [0, 0.05) is 25.3 Å². The number of halogens is 4. The van der Waals surface area contributed by atoms with E-state index in [2.05, 4.69) is 5.32 Å². The van der Waals surface area contributed by atoms with Crippen molar-refractivity contribution in [2.75, 3.05) is 24.3 Å². The molecule has 0 aromatic heterocycles. The maximum absolute atomic E-state index is 12.5. The zero-order valence-electron chi connectivity index (χ0n) is 13.6. The Morgan fingerprint density at radius 1 is 1.08 bits per heavy atom. The molecule has 2 aromatic carbocycles. The number of carbonyl (C=O) groups excluding carboxylic acids is 1. The number of carbonyl (C=O) groups is 1. The molecular formula is C16H14ClF3N2O3S. The van der Waals surface area contributed by atoms with Gasteiger partial charge in [0.1, 0.15) is 0 Å². The van der Waals surface area contributed by atoms with Crippen LogP contribution in [0.4, 0.5) is 24.5 Å². The third-order valence-corrected chi connectivity index (χ3v) is 5.22. The summed E-state index contributed by atoms with van der Waals surface area (Å²) in [5, 5.41) is 2.94. The predicted molar refractivity (Wildman–Crippen MR) is 93.4 cm³/mol. The van der Waals surface area contributed by atoms with Crippen molar-refractivity contribution in [3.05, 3.63) is 53.1 Å². The largest absolute Gasteiger partial charge is 0.501 e. The fourth-order valence-electron chi connectivity index (χ4n) is 2.07. The molecule has 0 aliphatic carbocycles. The number of amides is 1. The van der Waals surface area contributed by atoms with Gasteiger partial charge in [0.15, 0.2) is 0 Å². The zero-order valence-corrected chi connectivity index (χ0v) is 15.2. The van der Waals surface area contributed by atoms with E-state index in [1.807, 2.05) is 0 Å². The van der Waals surface area contributed by atoms with Crippen molar-refractivity contribution < 1.29 is 26.4 Å². The summed E-state index contributed by atoms with van der Waals surface area (Å²) in [5.74, 6) is -0.616. The molecule has 0 aliphatic rings. The number of nitrogens with one attached hydrogen (secondary N) is 1. The van der Waals surface area contributed by atoms with E-state index in [0.717, 1.165) is 30.0 Å². The monoisotopic (exact) mass is 406 g/mol. The molecule has 0 atom stereocenters. The van der Waals surface area contributed by atoms with E-state index >= 15 is 0 Å². The Balaban J connectivity index is 2.20. The van der Waals surface area contributed by atoms with Gasteiger partial charge in [-0.3, -0.25) is 4.79 Å². The van der Waals surface area contributed by atoms with Gasteiger partial charge in [-0.2, -0.15) is 13.2 Å². The van der Waals surface area contributed by atoms with Crippen LogP contribution in [0.15, 0.2) is 47.4 Å². The second kappa shape index (κ2) is 7.16. The van der Waals surface area contributed by atoms with Gasteiger partial charge < -0.3 is 10.2 Å². The molecule has 26 heavy (non-hydrogen) atoms. The molecule has 2 aromatic rings. The number of alkyl halides is 3. The average molecular weight is 407 g/mol. The number of nitrogens with zero attached hydrogens (tertiary/aromatic N) is 1. The van der Waals surface area contributed by atoms with Crippen LogP contribution in [0.25, 0.3) is 0 Å². The first-order valence-electron chi connectivity index (χ1n) is 7.13. The van der Waals surface area contributed by atoms with Crippen LogP contribution in [0, 0.1) is 0 Å². The van der Waals surface area contributed by atoms with E-state index in [4.69, 9.17) is 11.6 Å². The highest BCUT2D eigenvalue weighted by atomic mass is 35.5. The maximum Gasteiger partial charge on any atom is 0.501 e. The molecule has 1 N–H and O–H groups in total. The topological polar surface area (TPSA) is 66.5 Å². The van der Waals surface area contributed by atoms with Crippen molar-refractivity contribution in [3.8, 4) is 0 Å². The molecule has 0 aliphatic heterocycles. The molecule has 0 fully saturated rings. The minimum Gasteiger partial charge on any atom is -0.376 e. The molecule has 0 bridgehead atoms. The Morgan fingerprint density at radius 2 is 1.65 bits per heavy atom. The minimum absolute atomic E-state index is 0.000988. The molecule has 0 heterocycles. The fraction of sp³-hybridized carbons (Fsp3) is 0.188. The summed E-state index contributed by atoms with van der Waals surface area (Å²) in [6, 6.07) is 8.31. The second-order valence-electron chi connectivity index (χ2n) is 5.49. The normalized spacial score (nSPS) is 11.9. The molecule has 140 valence electrons. The van der Waals surface area contributed by atoms with Crippen LogP contribution in [0.5, 0.6) is 0 Å². The first-order valence-corrected chi connectivity index (χ1v) is 8.99. The van der Waals surface area contributed by atoms with Gasteiger partial charge in [-0.05, 0) is 42.5 Å². The van der Waals surface area contributed by atoms with Crippen molar-refractivity contribution in [2.24, 2.45) is 0 Å². The van der Waals surface area contributed by atoms with Gasteiger partial charge in [-0.15, -0.1) is 0 Å². The summed E-state index contributed by atoms with van der Waals surface area (Å²) >= 11 is 6.10. The van der Waals surface area contributed by atoms with Gasteiger partial charge in [0.25, 0.3) is 15.7 Å².